The van der Waals surface area contributed by atoms with E-state index < -0.39 is 0 Å². The van der Waals surface area contributed by atoms with Crippen molar-refractivity contribution in [3.05, 3.63) is 72.8 Å². The minimum absolute atomic E-state index is 0.114. The van der Waals surface area contributed by atoms with E-state index in [1.54, 1.807) is 0 Å². The highest BCUT2D eigenvalue weighted by Crippen LogP contribution is 2.48. The van der Waals surface area contributed by atoms with Gasteiger partial charge >= 0.3 is 0 Å². The molecule has 0 bridgehead atoms. The van der Waals surface area contributed by atoms with Crippen molar-refractivity contribution in [3.63, 3.8) is 0 Å². The highest BCUT2D eigenvalue weighted by molar-refractivity contribution is 6.09. The molecule has 2 aliphatic rings. The van der Waals surface area contributed by atoms with Crippen LogP contribution in [0.3, 0.4) is 0 Å². The molecule has 0 atom stereocenters. The Labute approximate surface area is 253 Å². The number of furan rings is 1. The molecule has 220 valence electrons. The quantitative estimate of drug-likeness (QED) is 0.216. The van der Waals surface area contributed by atoms with Gasteiger partial charge in [-0.1, -0.05) is 60.7 Å². The molecule has 0 unspecified atom stereocenters. The Hall–Kier alpha value is -4.26. The van der Waals surface area contributed by atoms with Crippen LogP contribution in [0.4, 0.5) is 5.95 Å². The minimum atomic E-state index is -0.319. The number of hydrogen-bond donors (Lipinski definition) is 0. The van der Waals surface area contributed by atoms with Crippen molar-refractivity contribution in [3.8, 4) is 22.8 Å². The third-order valence-corrected chi connectivity index (χ3v) is 8.85. The molecule has 7 heteroatoms. The molecule has 0 radical (unpaired) electrons. The lowest BCUT2D eigenvalue weighted by molar-refractivity contribution is 0.0225. The Morgan fingerprint density at radius 3 is 2.05 bits per heavy atom. The maximum Gasteiger partial charge on any atom is 0.236 e. The first kappa shape index (κ1) is 27.6. The van der Waals surface area contributed by atoms with Gasteiger partial charge in [-0.05, 0) is 80.4 Å². The number of guanidine groups is 1. The zero-order valence-corrected chi connectivity index (χ0v) is 26.4. The summed E-state index contributed by atoms with van der Waals surface area (Å²) >= 11 is 0. The second-order valence-corrected chi connectivity index (χ2v) is 14.6. The number of aromatic nitrogens is 3. The summed E-state index contributed by atoms with van der Waals surface area (Å²) < 4.78 is 6.43. The van der Waals surface area contributed by atoms with Gasteiger partial charge in [-0.3, -0.25) is 4.90 Å². The molecule has 1 fully saturated rings. The number of aliphatic imine (C=N–C) groups is 1. The number of rotatable bonds is 3. The van der Waals surface area contributed by atoms with Crippen LogP contribution >= 0.6 is 0 Å². The molecule has 0 aliphatic carbocycles. The van der Waals surface area contributed by atoms with Crippen LogP contribution in [0.25, 0.3) is 44.7 Å². The summed E-state index contributed by atoms with van der Waals surface area (Å²) in [7, 11) is 0. The van der Waals surface area contributed by atoms with E-state index in [0.29, 0.717) is 17.6 Å². The molecule has 4 heterocycles. The topological polar surface area (TPSA) is 70.7 Å². The first-order valence-electron chi connectivity index (χ1n) is 15.2. The van der Waals surface area contributed by atoms with Gasteiger partial charge in [0.2, 0.25) is 11.9 Å². The van der Waals surface area contributed by atoms with Gasteiger partial charge in [-0.25, -0.2) is 9.98 Å². The van der Waals surface area contributed by atoms with Crippen molar-refractivity contribution >= 4 is 33.8 Å². The summed E-state index contributed by atoms with van der Waals surface area (Å²) in [5.74, 6) is 2.71. The number of fused-ring (bicyclic) bond motifs is 4. The third kappa shape index (κ3) is 4.48. The van der Waals surface area contributed by atoms with Gasteiger partial charge in [0.25, 0.3) is 0 Å². The van der Waals surface area contributed by atoms with Crippen LogP contribution in [-0.4, -0.2) is 48.0 Å². The first-order chi connectivity index (χ1) is 20.3. The normalized spacial score (nSPS) is 20.2. The SMILES string of the molecule is CC1(C)CC(C)(C)N2C(=N1)N(c1nc(-c3ccccc3)nc(-c3cccc4c3oc3ccccc34)n1)C(C)(C)CC2(C)C. The van der Waals surface area contributed by atoms with E-state index in [1.807, 2.05) is 54.6 Å². The summed E-state index contributed by atoms with van der Waals surface area (Å²) in [6, 6.07) is 24.5. The standard InChI is InChI=1S/C36H40N6O/c1-33(2)21-35(5,6)42-32(40-33)41(34(3,4)22-36(42,7)8)31-38-29(23-15-10-9-11-16-23)37-30(39-31)26-19-14-18-25-24-17-12-13-20-27(24)43-28(25)26/h9-20H,21-22H2,1-8H3. The van der Waals surface area contributed by atoms with E-state index in [4.69, 9.17) is 24.4 Å². The van der Waals surface area contributed by atoms with E-state index in [9.17, 15) is 0 Å². The molecular weight excluding hydrogens is 532 g/mol. The Morgan fingerprint density at radius 2 is 1.28 bits per heavy atom. The second-order valence-electron chi connectivity index (χ2n) is 14.6. The average molecular weight is 573 g/mol. The van der Waals surface area contributed by atoms with Gasteiger partial charge in [0.15, 0.2) is 11.6 Å². The van der Waals surface area contributed by atoms with Crippen molar-refractivity contribution in [2.45, 2.75) is 90.4 Å². The molecule has 7 nitrogen and oxygen atoms in total. The minimum Gasteiger partial charge on any atom is -0.455 e. The number of benzene rings is 3. The van der Waals surface area contributed by atoms with Gasteiger partial charge in [0.05, 0.1) is 11.1 Å². The van der Waals surface area contributed by atoms with E-state index >= 15 is 0 Å². The molecule has 7 rings (SSSR count). The molecule has 43 heavy (non-hydrogen) atoms. The summed E-state index contributed by atoms with van der Waals surface area (Å²) in [5, 5.41) is 2.12. The predicted molar refractivity (Wildman–Crippen MR) is 175 cm³/mol. The Kier molecular flexibility index (Phi) is 5.85. The second kappa shape index (κ2) is 9.12. The number of hydrogen-bond acceptors (Lipinski definition) is 7. The van der Waals surface area contributed by atoms with Crippen LogP contribution in [-0.2, 0) is 0 Å². The Balaban J connectivity index is 1.50. The van der Waals surface area contributed by atoms with Crippen molar-refractivity contribution in [1.82, 2.24) is 19.9 Å². The molecule has 3 aromatic carbocycles. The molecule has 1 saturated heterocycles. The zero-order chi connectivity index (χ0) is 30.4. The fourth-order valence-corrected chi connectivity index (χ4v) is 8.08. The van der Waals surface area contributed by atoms with Crippen LogP contribution in [0.5, 0.6) is 0 Å². The van der Waals surface area contributed by atoms with Crippen molar-refractivity contribution in [2.24, 2.45) is 4.99 Å². The lowest BCUT2D eigenvalue weighted by Crippen LogP contribution is -2.74. The van der Waals surface area contributed by atoms with E-state index in [-0.39, 0.29) is 22.2 Å². The molecule has 2 aromatic heterocycles. The fourth-order valence-electron chi connectivity index (χ4n) is 8.08. The lowest BCUT2D eigenvalue weighted by atomic mass is 9.75. The molecule has 0 spiro atoms. The van der Waals surface area contributed by atoms with Crippen LogP contribution in [0.1, 0.15) is 68.2 Å². The van der Waals surface area contributed by atoms with Crippen LogP contribution in [0.15, 0.2) is 82.2 Å². The summed E-state index contributed by atoms with van der Waals surface area (Å²) in [6.07, 6.45) is 1.86. The van der Waals surface area contributed by atoms with E-state index in [2.05, 4.69) is 83.4 Å². The van der Waals surface area contributed by atoms with Crippen LogP contribution < -0.4 is 4.90 Å². The van der Waals surface area contributed by atoms with Crippen molar-refractivity contribution in [1.29, 1.82) is 0 Å². The summed E-state index contributed by atoms with van der Waals surface area (Å²) in [6.45, 7) is 18.3. The molecule has 2 aliphatic heterocycles. The van der Waals surface area contributed by atoms with Gasteiger partial charge in [-0.15, -0.1) is 0 Å². The van der Waals surface area contributed by atoms with Gasteiger partial charge < -0.3 is 9.32 Å². The molecule has 5 aromatic rings. The average Bonchev–Trinajstić information content (AvgIpc) is 3.29. The zero-order valence-electron chi connectivity index (χ0n) is 26.4. The third-order valence-electron chi connectivity index (χ3n) is 8.85. The van der Waals surface area contributed by atoms with Crippen LogP contribution in [0.2, 0.25) is 0 Å². The largest absolute Gasteiger partial charge is 0.455 e. The Morgan fingerprint density at radius 1 is 0.628 bits per heavy atom. The molecule has 0 N–H and O–H groups in total. The van der Waals surface area contributed by atoms with Crippen molar-refractivity contribution in [2.75, 3.05) is 4.90 Å². The van der Waals surface area contributed by atoms with E-state index in [0.717, 1.165) is 51.9 Å². The number of para-hydroxylation sites is 2. The molecule has 0 amide bonds. The van der Waals surface area contributed by atoms with E-state index in [1.165, 1.54) is 0 Å². The monoisotopic (exact) mass is 572 g/mol. The predicted octanol–water partition coefficient (Wildman–Crippen LogP) is 8.49. The highest BCUT2D eigenvalue weighted by atomic mass is 16.3. The highest BCUT2D eigenvalue weighted by Gasteiger charge is 2.56. The Bertz CT molecular complexity index is 1900. The fraction of sp³-hybridized carbons (Fsp3) is 0.389. The maximum atomic E-state index is 6.43. The summed E-state index contributed by atoms with van der Waals surface area (Å²) in [4.78, 5) is 25.7. The smallest absolute Gasteiger partial charge is 0.236 e. The van der Waals surface area contributed by atoms with Gasteiger partial charge in [0.1, 0.15) is 11.2 Å². The van der Waals surface area contributed by atoms with Crippen molar-refractivity contribution < 1.29 is 4.42 Å². The maximum absolute atomic E-state index is 6.43. The lowest BCUT2D eigenvalue weighted by Gasteiger charge is -2.63. The van der Waals surface area contributed by atoms with Gasteiger partial charge in [0, 0.05) is 33.0 Å². The molecular formula is C36H40N6O. The first-order valence-corrected chi connectivity index (χ1v) is 15.2. The number of anilines is 1. The molecule has 0 saturated carbocycles. The summed E-state index contributed by atoms with van der Waals surface area (Å²) in [5.41, 5.74) is 2.61. The van der Waals surface area contributed by atoms with Gasteiger partial charge in [-0.2, -0.15) is 9.97 Å². The number of nitrogens with zero attached hydrogens (tertiary/aromatic N) is 6. The van der Waals surface area contributed by atoms with Crippen LogP contribution in [0, 0.1) is 0 Å².